The van der Waals surface area contributed by atoms with Gasteiger partial charge >= 0.3 is 5.97 Å². The molecule has 0 radical (unpaired) electrons. The van der Waals surface area contributed by atoms with Crippen LogP contribution in [0.1, 0.15) is 34.0 Å². The molecule has 2 atom stereocenters. The molecule has 2 aromatic carbocycles. The monoisotopic (exact) mass is 297 g/mol. The van der Waals surface area contributed by atoms with Crippen LogP contribution >= 0.6 is 0 Å². The van der Waals surface area contributed by atoms with E-state index in [1.165, 1.54) is 5.56 Å². The first kappa shape index (κ1) is 14.8. The first-order valence-electron chi connectivity index (χ1n) is 7.46. The molecule has 0 amide bonds. The molecule has 1 aliphatic rings. The standard InChI is InChI=1S/C18H19NO3/c20-18(21)15-8-4-5-13(11-15)12-19-16-9-10-22-17(16)14-6-2-1-3-7-14/h1-8,11,16-17,19H,9-10,12H2,(H,20,21). The van der Waals surface area contributed by atoms with Gasteiger partial charge in [-0.3, -0.25) is 0 Å². The van der Waals surface area contributed by atoms with Crippen molar-refractivity contribution in [3.63, 3.8) is 0 Å². The molecular formula is C18H19NO3. The largest absolute Gasteiger partial charge is 0.478 e. The van der Waals surface area contributed by atoms with Crippen molar-refractivity contribution in [2.45, 2.75) is 25.1 Å². The Hall–Kier alpha value is -2.17. The second kappa shape index (κ2) is 6.73. The fourth-order valence-electron chi connectivity index (χ4n) is 2.83. The van der Waals surface area contributed by atoms with E-state index in [4.69, 9.17) is 9.84 Å². The van der Waals surface area contributed by atoms with Crippen LogP contribution < -0.4 is 5.32 Å². The Morgan fingerprint density at radius 1 is 1.18 bits per heavy atom. The summed E-state index contributed by atoms with van der Waals surface area (Å²) in [7, 11) is 0. The van der Waals surface area contributed by atoms with Gasteiger partial charge in [0, 0.05) is 19.2 Å². The molecule has 4 nitrogen and oxygen atoms in total. The SMILES string of the molecule is O=C(O)c1cccc(CNC2CCOC2c2ccccc2)c1. The summed E-state index contributed by atoms with van der Waals surface area (Å²) in [6.07, 6.45) is 1.02. The smallest absolute Gasteiger partial charge is 0.335 e. The highest BCUT2D eigenvalue weighted by Crippen LogP contribution is 2.29. The van der Waals surface area contributed by atoms with Crippen LogP contribution in [0.15, 0.2) is 54.6 Å². The van der Waals surface area contributed by atoms with Gasteiger partial charge in [0.2, 0.25) is 0 Å². The molecule has 0 spiro atoms. The van der Waals surface area contributed by atoms with Crippen molar-refractivity contribution in [2.24, 2.45) is 0 Å². The summed E-state index contributed by atoms with van der Waals surface area (Å²) in [5.41, 5.74) is 2.47. The van der Waals surface area contributed by atoms with Crippen molar-refractivity contribution in [1.29, 1.82) is 0 Å². The van der Waals surface area contributed by atoms with Gasteiger partial charge in [-0.25, -0.2) is 4.79 Å². The van der Waals surface area contributed by atoms with Crippen molar-refractivity contribution in [1.82, 2.24) is 5.32 Å². The lowest BCUT2D eigenvalue weighted by atomic mass is 10.0. The Balaban J connectivity index is 1.66. The lowest BCUT2D eigenvalue weighted by molar-refractivity contribution is 0.0696. The van der Waals surface area contributed by atoms with Gasteiger partial charge in [0.15, 0.2) is 0 Å². The number of hydrogen-bond acceptors (Lipinski definition) is 3. The van der Waals surface area contributed by atoms with Crippen molar-refractivity contribution in [3.05, 3.63) is 71.3 Å². The molecule has 0 saturated carbocycles. The highest BCUT2D eigenvalue weighted by Gasteiger charge is 2.28. The Morgan fingerprint density at radius 3 is 2.77 bits per heavy atom. The van der Waals surface area contributed by atoms with Crippen LogP contribution in [0.2, 0.25) is 0 Å². The minimum Gasteiger partial charge on any atom is -0.478 e. The predicted octanol–water partition coefficient (Wildman–Crippen LogP) is 3.00. The van der Waals surface area contributed by atoms with Gasteiger partial charge in [-0.15, -0.1) is 0 Å². The van der Waals surface area contributed by atoms with Crippen LogP contribution in [0.3, 0.4) is 0 Å². The lowest BCUT2D eigenvalue weighted by Gasteiger charge is -2.20. The van der Waals surface area contributed by atoms with Gasteiger partial charge in [-0.1, -0.05) is 42.5 Å². The maximum absolute atomic E-state index is 11.0. The molecule has 1 saturated heterocycles. The fourth-order valence-corrected chi connectivity index (χ4v) is 2.83. The van der Waals surface area contributed by atoms with E-state index in [9.17, 15) is 4.79 Å². The summed E-state index contributed by atoms with van der Waals surface area (Å²) >= 11 is 0. The summed E-state index contributed by atoms with van der Waals surface area (Å²) in [6, 6.07) is 17.5. The summed E-state index contributed by atoms with van der Waals surface area (Å²) in [6.45, 7) is 1.38. The molecule has 0 aliphatic carbocycles. The number of benzene rings is 2. The van der Waals surface area contributed by atoms with Crippen LogP contribution in [0, 0.1) is 0 Å². The van der Waals surface area contributed by atoms with Gasteiger partial charge in [0.1, 0.15) is 0 Å². The Labute approximate surface area is 129 Å². The molecule has 2 aromatic rings. The first-order valence-corrected chi connectivity index (χ1v) is 7.46. The zero-order chi connectivity index (χ0) is 15.4. The van der Waals surface area contributed by atoms with Crippen molar-refractivity contribution in [3.8, 4) is 0 Å². The molecule has 2 N–H and O–H groups in total. The van der Waals surface area contributed by atoms with Gasteiger partial charge < -0.3 is 15.2 Å². The van der Waals surface area contributed by atoms with Crippen molar-refractivity contribution < 1.29 is 14.6 Å². The molecular weight excluding hydrogens is 278 g/mol. The molecule has 1 aliphatic heterocycles. The maximum Gasteiger partial charge on any atom is 0.335 e. The third-order valence-corrected chi connectivity index (χ3v) is 3.96. The average molecular weight is 297 g/mol. The van der Waals surface area contributed by atoms with Crippen LogP contribution in [-0.2, 0) is 11.3 Å². The number of carbonyl (C=O) groups is 1. The highest BCUT2D eigenvalue weighted by molar-refractivity contribution is 5.87. The number of carboxylic acids is 1. The van der Waals surface area contributed by atoms with E-state index in [1.807, 2.05) is 24.3 Å². The van der Waals surface area contributed by atoms with E-state index in [-0.39, 0.29) is 12.1 Å². The van der Waals surface area contributed by atoms with E-state index >= 15 is 0 Å². The van der Waals surface area contributed by atoms with Gasteiger partial charge in [-0.2, -0.15) is 0 Å². The highest BCUT2D eigenvalue weighted by atomic mass is 16.5. The summed E-state index contributed by atoms with van der Waals surface area (Å²) in [5.74, 6) is -0.895. The normalized spacial score (nSPS) is 20.9. The predicted molar refractivity (Wildman–Crippen MR) is 83.8 cm³/mol. The number of rotatable bonds is 5. The minimum absolute atomic E-state index is 0.0591. The number of hydrogen-bond donors (Lipinski definition) is 2. The molecule has 22 heavy (non-hydrogen) atoms. The minimum atomic E-state index is -0.895. The van der Waals surface area contributed by atoms with Crippen LogP contribution in [-0.4, -0.2) is 23.7 Å². The van der Waals surface area contributed by atoms with E-state index < -0.39 is 5.97 Å². The summed E-state index contributed by atoms with van der Waals surface area (Å²) in [5, 5.41) is 12.5. The number of carboxylic acid groups (broad SMARTS) is 1. The molecule has 4 heteroatoms. The average Bonchev–Trinajstić information content (AvgIpc) is 3.02. The van der Waals surface area contributed by atoms with Gasteiger partial charge in [0.05, 0.1) is 11.7 Å². The Kier molecular flexibility index (Phi) is 4.51. The molecule has 114 valence electrons. The zero-order valence-corrected chi connectivity index (χ0v) is 12.2. The molecule has 1 fully saturated rings. The number of ether oxygens (including phenoxy) is 1. The summed E-state index contributed by atoms with van der Waals surface area (Å²) < 4.78 is 5.85. The molecule has 2 unspecified atom stereocenters. The second-order valence-corrected chi connectivity index (χ2v) is 5.48. The molecule has 0 bridgehead atoms. The van der Waals surface area contributed by atoms with E-state index in [0.717, 1.165) is 18.6 Å². The Morgan fingerprint density at radius 2 is 2.00 bits per heavy atom. The second-order valence-electron chi connectivity index (χ2n) is 5.48. The number of nitrogens with one attached hydrogen (secondary N) is 1. The van der Waals surface area contributed by atoms with E-state index in [2.05, 4.69) is 17.4 Å². The third-order valence-electron chi connectivity index (χ3n) is 3.96. The molecule has 1 heterocycles. The van der Waals surface area contributed by atoms with Gasteiger partial charge in [0.25, 0.3) is 0 Å². The topological polar surface area (TPSA) is 58.6 Å². The van der Waals surface area contributed by atoms with Crippen molar-refractivity contribution >= 4 is 5.97 Å². The number of aromatic carboxylic acids is 1. The van der Waals surface area contributed by atoms with E-state index in [0.29, 0.717) is 12.1 Å². The van der Waals surface area contributed by atoms with Crippen LogP contribution in [0.4, 0.5) is 0 Å². The third kappa shape index (κ3) is 3.35. The zero-order valence-electron chi connectivity index (χ0n) is 12.2. The quantitative estimate of drug-likeness (QED) is 0.890. The van der Waals surface area contributed by atoms with E-state index in [1.54, 1.807) is 18.2 Å². The Bertz CT molecular complexity index is 642. The summed E-state index contributed by atoms with van der Waals surface area (Å²) in [4.78, 5) is 11.0. The lowest BCUT2D eigenvalue weighted by Crippen LogP contribution is -2.31. The van der Waals surface area contributed by atoms with Crippen molar-refractivity contribution in [2.75, 3.05) is 6.61 Å². The van der Waals surface area contributed by atoms with Crippen LogP contribution in [0.25, 0.3) is 0 Å². The molecule has 0 aromatic heterocycles. The fraction of sp³-hybridized carbons (Fsp3) is 0.278. The van der Waals surface area contributed by atoms with Crippen LogP contribution in [0.5, 0.6) is 0 Å². The first-order chi connectivity index (χ1) is 10.7. The van der Waals surface area contributed by atoms with Gasteiger partial charge in [-0.05, 0) is 29.7 Å². The maximum atomic E-state index is 11.0. The molecule has 3 rings (SSSR count).